The molecule has 0 bridgehead atoms. The molecule has 0 spiro atoms. The van der Waals surface area contributed by atoms with Crippen molar-refractivity contribution in [2.45, 2.75) is 20.3 Å². The maximum atomic E-state index is 11.7. The third-order valence-corrected chi connectivity index (χ3v) is 3.92. The van der Waals surface area contributed by atoms with Crippen molar-refractivity contribution >= 4 is 16.8 Å². The maximum Gasteiger partial charge on any atom is 0.339 e. The van der Waals surface area contributed by atoms with Crippen LogP contribution in [0.25, 0.3) is 0 Å². The van der Waals surface area contributed by atoms with Crippen LogP contribution in [-0.4, -0.2) is 33.4 Å². The average molecular weight is 284 g/mol. The van der Waals surface area contributed by atoms with E-state index in [1.54, 1.807) is 18.2 Å². The van der Waals surface area contributed by atoms with E-state index in [1.807, 2.05) is 0 Å². The number of ether oxygens (including phenoxy) is 1. The fourth-order valence-corrected chi connectivity index (χ4v) is 2.69. The summed E-state index contributed by atoms with van der Waals surface area (Å²) in [5, 5.41) is 8.98. The van der Waals surface area contributed by atoms with Gasteiger partial charge in [0.25, 0.3) is 0 Å². The van der Waals surface area contributed by atoms with E-state index in [-0.39, 0.29) is 12.2 Å². The zero-order chi connectivity index (χ0) is 14.3. The van der Waals surface area contributed by atoms with E-state index in [4.69, 9.17) is 9.84 Å². The summed E-state index contributed by atoms with van der Waals surface area (Å²) in [6.45, 7) is 4.46. The molecule has 1 rings (SSSR count). The molecular formula is C14H20O4S. The van der Waals surface area contributed by atoms with Crippen molar-refractivity contribution in [3.8, 4) is 5.75 Å². The summed E-state index contributed by atoms with van der Waals surface area (Å²) in [7, 11) is -0.904. The lowest BCUT2D eigenvalue weighted by molar-refractivity contribution is 0.0692. The van der Waals surface area contributed by atoms with Crippen molar-refractivity contribution in [1.82, 2.24) is 0 Å². The van der Waals surface area contributed by atoms with E-state index in [1.165, 1.54) is 6.07 Å². The smallest absolute Gasteiger partial charge is 0.339 e. The summed E-state index contributed by atoms with van der Waals surface area (Å²) in [4.78, 5) is 11.0. The Bertz CT molecular complexity index is 443. The number of carbonyl (C=O) groups is 1. The molecule has 0 aliphatic rings. The van der Waals surface area contributed by atoms with Crippen LogP contribution in [0.15, 0.2) is 24.3 Å². The zero-order valence-electron chi connectivity index (χ0n) is 11.3. The van der Waals surface area contributed by atoms with Crippen LogP contribution in [-0.2, 0) is 10.8 Å². The van der Waals surface area contributed by atoms with Gasteiger partial charge in [0, 0.05) is 16.6 Å². The topological polar surface area (TPSA) is 63.6 Å². The summed E-state index contributed by atoms with van der Waals surface area (Å²) in [6, 6.07) is 6.47. The predicted molar refractivity (Wildman–Crippen MR) is 76.2 cm³/mol. The SMILES string of the molecule is CC(C)CCS(=O)CCOc1ccccc1C(=O)O. The number of aromatic carboxylic acids is 1. The Morgan fingerprint density at radius 2 is 2.00 bits per heavy atom. The second-order valence-corrected chi connectivity index (χ2v) is 6.38. The highest BCUT2D eigenvalue weighted by atomic mass is 32.2. The lowest BCUT2D eigenvalue weighted by Crippen LogP contribution is -2.13. The van der Waals surface area contributed by atoms with E-state index in [0.29, 0.717) is 23.2 Å². The Labute approximate surface area is 116 Å². The molecule has 4 nitrogen and oxygen atoms in total. The first kappa shape index (κ1) is 15.7. The molecule has 0 aliphatic heterocycles. The Hall–Kier alpha value is -1.36. The number of hydrogen-bond donors (Lipinski definition) is 1. The monoisotopic (exact) mass is 284 g/mol. The lowest BCUT2D eigenvalue weighted by atomic mass is 10.2. The number of rotatable bonds is 8. The van der Waals surface area contributed by atoms with E-state index < -0.39 is 16.8 Å². The highest BCUT2D eigenvalue weighted by Gasteiger charge is 2.10. The van der Waals surface area contributed by atoms with Gasteiger partial charge < -0.3 is 9.84 Å². The van der Waals surface area contributed by atoms with Gasteiger partial charge in [0.1, 0.15) is 11.3 Å². The molecule has 0 saturated heterocycles. The summed E-state index contributed by atoms with van der Waals surface area (Å²) < 4.78 is 17.1. The van der Waals surface area contributed by atoms with Crippen molar-refractivity contribution in [3.63, 3.8) is 0 Å². The Morgan fingerprint density at radius 1 is 1.32 bits per heavy atom. The summed E-state index contributed by atoms with van der Waals surface area (Å²) >= 11 is 0. The minimum Gasteiger partial charge on any atom is -0.492 e. The zero-order valence-corrected chi connectivity index (χ0v) is 12.1. The predicted octanol–water partition coefficient (Wildman–Crippen LogP) is 2.56. The van der Waals surface area contributed by atoms with Gasteiger partial charge in [-0.15, -0.1) is 0 Å². The van der Waals surface area contributed by atoms with Crippen LogP contribution in [0.5, 0.6) is 5.75 Å². The van der Waals surface area contributed by atoms with Crippen LogP contribution in [0.3, 0.4) is 0 Å². The van der Waals surface area contributed by atoms with Gasteiger partial charge in [-0.2, -0.15) is 0 Å². The number of carboxylic acid groups (broad SMARTS) is 1. The fourth-order valence-electron chi connectivity index (χ4n) is 1.48. The molecule has 19 heavy (non-hydrogen) atoms. The number of para-hydroxylation sites is 1. The molecule has 106 valence electrons. The third-order valence-electron chi connectivity index (χ3n) is 2.61. The van der Waals surface area contributed by atoms with Crippen molar-refractivity contribution < 1.29 is 18.8 Å². The molecule has 0 fully saturated rings. The summed E-state index contributed by atoms with van der Waals surface area (Å²) in [6.07, 6.45) is 0.929. The number of benzene rings is 1. The highest BCUT2D eigenvalue weighted by Crippen LogP contribution is 2.17. The molecule has 5 heteroatoms. The first-order valence-corrected chi connectivity index (χ1v) is 7.79. The number of hydrogen-bond acceptors (Lipinski definition) is 3. The molecule has 0 aliphatic carbocycles. The van der Waals surface area contributed by atoms with Crippen molar-refractivity contribution in [2.24, 2.45) is 5.92 Å². The highest BCUT2D eigenvalue weighted by molar-refractivity contribution is 7.84. The van der Waals surface area contributed by atoms with Crippen LogP contribution in [0.4, 0.5) is 0 Å². The Balaban J connectivity index is 2.41. The normalized spacial score (nSPS) is 12.4. The van der Waals surface area contributed by atoms with Crippen molar-refractivity contribution in [2.75, 3.05) is 18.1 Å². The Morgan fingerprint density at radius 3 is 2.63 bits per heavy atom. The Kier molecular flexibility index (Phi) is 6.56. The van der Waals surface area contributed by atoms with Gasteiger partial charge >= 0.3 is 5.97 Å². The van der Waals surface area contributed by atoms with Gasteiger partial charge in [-0.1, -0.05) is 26.0 Å². The molecule has 0 saturated carbocycles. The lowest BCUT2D eigenvalue weighted by Gasteiger charge is -2.09. The number of carboxylic acids is 1. The summed E-state index contributed by atoms with van der Waals surface area (Å²) in [5.41, 5.74) is 0.135. The van der Waals surface area contributed by atoms with E-state index >= 15 is 0 Å². The summed E-state index contributed by atoms with van der Waals surface area (Å²) in [5.74, 6) is 0.951. The second kappa shape index (κ2) is 7.94. The first-order valence-electron chi connectivity index (χ1n) is 6.30. The van der Waals surface area contributed by atoms with Crippen LogP contribution in [0.1, 0.15) is 30.6 Å². The van der Waals surface area contributed by atoms with Gasteiger partial charge in [0.2, 0.25) is 0 Å². The quantitative estimate of drug-likeness (QED) is 0.797. The molecule has 0 amide bonds. The minimum absolute atomic E-state index is 0.135. The molecule has 1 unspecified atom stereocenters. The largest absolute Gasteiger partial charge is 0.492 e. The van der Waals surface area contributed by atoms with Crippen molar-refractivity contribution in [3.05, 3.63) is 29.8 Å². The van der Waals surface area contributed by atoms with Gasteiger partial charge in [-0.25, -0.2) is 4.79 Å². The van der Waals surface area contributed by atoms with E-state index in [0.717, 1.165) is 6.42 Å². The van der Waals surface area contributed by atoms with Crippen LogP contribution in [0.2, 0.25) is 0 Å². The minimum atomic E-state index is -1.02. The molecule has 1 N–H and O–H groups in total. The van der Waals surface area contributed by atoms with E-state index in [2.05, 4.69) is 13.8 Å². The van der Waals surface area contributed by atoms with Crippen LogP contribution in [0, 0.1) is 5.92 Å². The molecule has 1 aromatic carbocycles. The van der Waals surface area contributed by atoms with Crippen LogP contribution < -0.4 is 4.74 Å². The fraction of sp³-hybridized carbons (Fsp3) is 0.500. The maximum absolute atomic E-state index is 11.7. The standard InChI is InChI=1S/C14H20O4S/c1-11(2)7-9-19(17)10-8-18-13-6-4-3-5-12(13)14(15)16/h3-6,11H,7-10H2,1-2H3,(H,15,16). The third kappa shape index (κ3) is 5.87. The molecule has 1 atom stereocenters. The molecular weight excluding hydrogens is 264 g/mol. The van der Waals surface area contributed by atoms with Gasteiger partial charge in [-0.3, -0.25) is 4.21 Å². The van der Waals surface area contributed by atoms with Gasteiger partial charge in [0.15, 0.2) is 0 Å². The average Bonchev–Trinajstić information content (AvgIpc) is 2.36. The molecule has 1 aromatic rings. The van der Waals surface area contributed by atoms with Crippen molar-refractivity contribution in [1.29, 1.82) is 0 Å². The molecule has 0 radical (unpaired) electrons. The van der Waals surface area contributed by atoms with Gasteiger partial charge in [-0.05, 0) is 24.5 Å². The second-order valence-electron chi connectivity index (χ2n) is 4.68. The first-order chi connectivity index (χ1) is 9.00. The molecule has 0 aromatic heterocycles. The van der Waals surface area contributed by atoms with Gasteiger partial charge in [0.05, 0.1) is 12.4 Å². The van der Waals surface area contributed by atoms with E-state index in [9.17, 15) is 9.00 Å². The molecule has 0 heterocycles. The van der Waals surface area contributed by atoms with Crippen LogP contribution >= 0.6 is 0 Å².